The molecule has 2 aromatic heterocycles. The Morgan fingerprint density at radius 2 is 2.23 bits per heavy atom. The third-order valence-electron chi connectivity index (χ3n) is 2.02. The van der Waals surface area contributed by atoms with Crippen LogP contribution in [0.2, 0.25) is 0 Å². The second-order valence-electron chi connectivity index (χ2n) is 3.56. The highest BCUT2D eigenvalue weighted by molar-refractivity contribution is 5.75. The van der Waals surface area contributed by atoms with Gasteiger partial charge in [-0.2, -0.15) is 0 Å². The Labute approximate surface area is 78.2 Å². The minimum Gasteiger partial charge on any atom is -0.346 e. The van der Waals surface area contributed by atoms with Gasteiger partial charge >= 0.3 is 0 Å². The van der Waals surface area contributed by atoms with Gasteiger partial charge in [-0.15, -0.1) is 0 Å². The highest BCUT2D eigenvalue weighted by Gasteiger charge is 2.02. The van der Waals surface area contributed by atoms with E-state index in [0.717, 1.165) is 12.1 Å². The number of fused-ring (bicyclic) bond motifs is 1. The fourth-order valence-electron chi connectivity index (χ4n) is 1.50. The molecule has 0 saturated heterocycles. The Kier molecular flexibility index (Phi) is 2.05. The summed E-state index contributed by atoms with van der Waals surface area (Å²) in [6, 6.07) is 6.13. The summed E-state index contributed by atoms with van der Waals surface area (Å²) in [5, 5.41) is 0. The first-order valence-corrected chi connectivity index (χ1v) is 4.46. The first-order valence-electron chi connectivity index (χ1n) is 4.46. The van der Waals surface area contributed by atoms with Crippen LogP contribution >= 0.6 is 0 Å². The molecule has 0 unspecified atom stereocenters. The standard InChI is InChI=1S/C11H13N2/c1-9(2)8-13-7-5-10-11(13)4-3-6-12-10/h3-7H,8H2,1-2H3. The van der Waals surface area contributed by atoms with Crippen molar-refractivity contribution in [2.45, 2.75) is 20.4 Å². The molecule has 2 heteroatoms. The van der Waals surface area contributed by atoms with Gasteiger partial charge in [-0.25, -0.2) is 0 Å². The lowest BCUT2D eigenvalue weighted by Crippen LogP contribution is -2.00. The van der Waals surface area contributed by atoms with Crippen LogP contribution in [-0.4, -0.2) is 9.55 Å². The maximum absolute atomic E-state index is 4.28. The van der Waals surface area contributed by atoms with Crippen LogP contribution in [0, 0.1) is 5.92 Å². The van der Waals surface area contributed by atoms with Crippen LogP contribution in [-0.2, 0) is 6.54 Å². The smallest absolute Gasteiger partial charge is 0.0880 e. The van der Waals surface area contributed by atoms with E-state index >= 15 is 0 Å². The normalized spacial score (nSPS) is 11.3. The number of aromatic nitrogens is 2. The van der Waals surface area contributed by atoms with Gasteiger partial charge in [0, 0.05) is 18.9 Å². The quantitative estimate of drug-likeness (QED) is 0.682. The Morgan fingerprint density at radius 1 is 1.38 bits per heavy atom. The third kappa shape index (κ3) is 1.57. The molecule has 13 heavy (non-hydrogen) atoms. The molecule has 2 aromatic rings. The van der Waals surface area contributed by atoms with E-state index in [0.29, 0.717) is 0 Å². The zero-order chi connectivity index (χ0) is 9.26. The van der Waals surface area contributed by atoms with Crippen LogP contribution in [0.1, 0.15) is 13.8 Å². The zero-order valence-electron chi connectivity index (χ0n) is 7.99. The lowest BCUT2D eigenvalue weighted by molar-refractivity contribution is 0.738. The predicted octanol–water partition coefficient (Wildman–Crippen LogP) is 2.65. The van der Waals surface area contributed by atoms with Crippen molar-refractivity contribution in [2.75, 3.05) is 0 Å². The van der Waals surface area contributed by atoms with E-state index in [1.165, 1.54) is 11.4 Å². The van der Waals surface area contributed by atoms with Crippen LogP contribution < -0.4 is 0 Å². The van der Waals surface area contributed by atoms with Crippen molar-refractivity contribution in [3.8, 4) is 0 Å². The van der Waals surface area contributed by atoms with Gasteiger partial charge in [0.05, 0.1) is 11.0 Å². The van der Waals surface area contributed by atoms with Crippen molar-refractivity contribution < 1.29 is 0 Å². The van der Waals surface area contributed by atoms with Crippen molar-refractivity contribution in [2.24, 2.45) is 0 Å². The van der Waals surface area contributed by atoms with Gasteiger partial charge in [0.1, 0.15) is 0 Å². The average molecular weight is 173 g/mol. The van der Waals surface area contributed by atoms with E-state index in [1.807, 2.05) is 12.3 Å². The second-order valence-corrected chi connectivity index (χ2v) is 3.56. The molecule has 2 heterocycles. The van der Waals surface area contributed by atoms with Gasteiger partial charge in [-0.1, -0.05) is 13.8 Å². The maximum atomic E-state index is 4.28. The summed E-state index contributed by atoms with van der Waals surface area (Å²) in [5.74, 6) is 1.40. The van der Waals surface area contributed by atoms with E-state index < -0.39 is 0 Å². The van der Waals surface area contributed by atoms with Gasteiger partial charge in [0.2, 0.25) is 0 Å². The molecule has 0 saturated carbocycles. The van der Waals surface area contributed by atoms with Crippen molar-refractivity contribution in [1.82, 2.24) is 9.55 Å². The van der Waals surface area contributed by atoms with Gasteiger partial charge in [-0.3, -0.25) is 4.98 Å². The summed E-state index contributed by atoms with van der Waals surface area (Å²) in [7, 11) is 0. The predicted molar refractivity (Wildman–Crippen MR) is 54.3 cm³/mol. The maximum Gasteiger partial charge on any atom is 0.0880 e. The molecule has 0 N–H and O–H groups in total. The van der Waals surface area contributed by atoms with E-state index in [1.54, 1.807) is 0 Å². The molecule has 0 aliphatic carbocycles. The molecule has 1 radical (unpaired) electrons. The monoisotopic (exact) mass is 173 g/mol. The molecular weight excluding hydrogens is 160 g/mol. The fraction of sp³-hybridized carbons (Fsp3) is 0.273. The minimum atomic E-state index is 0.981. The molecule has 0 aliphatic heterocycles. The summed E-state index contributed by atoms with van der Waals surface area (Å²) < 4.78 is 2.22. The summed E-state index contributed by atoms with van der Waals surface area (Å²) >= 11 is 0. The van der Waals surface area contributed by atoms with E-state index in [-0.39, 0.29) is 0 Å². The molecule has 0 atom stereocenters. The Bertz CT molecular complexity index is 401. The van der Waals surface area contributed by atoms with Crippen LogP contribution in [0.15, 0.2) is 30.6 Å². The molecule has 2 nitrogen and oxygen atoms in total. The number of nitrogens with zero attached hydrogens (tertiary/aromatic N) is 2. The van der Waals surface area contributed by atoms with Crippen LogP contribution in [0.5, 0.6) is 0 Å². The van der Waals surface area contributed by atoms with Crippen molar-refractivity contribution in [1.29, 1.82) is 0 Å². The zero-order valence-corrected chi connectivity index (χ0v) is 7.99. The molecule has 0 fully saturated rings. The molecule has 0 spiro atoms. The van der Waals surface area contributed by atoms with Gasteiger partial charge in [0.15, 0.2) is 0 Å². The van der Waals surface area contributed by atoms with Crippen molar-refractivity contribution in [3.05, 3.63) is 36.5 Å². The highest BCUT2D eigenvalue weighted by atomic mass is 15.0. The highest BCUT2D eigenvalue weighted by Crippen LogP contribution is 2.14. The summed E-state index contributed by atoms with van der Waals surface area (Å²) in [6.07, 6.45) is 3.92. The lowest BCUT2D eigenvalue weighted by Gasteiger charge is -2.06. The molecule has 0 aromatic carbocycles. The first-order chi connectivity index (χ1) is 6.27. The molecule has 0 bridgehead atoms. The molecular formula is C11H13N2. The second kappa shape index (κ2) is 3.21. The van der Waals surface area contributed by atoms with Gasteiger partial charge in [0.25, 0.3) is 0 Å². The van der Waals surface area contributed by atoms with Crippen molar-refractivity contribution >= 4 is 11.0 Å². The van der Waals surface area contributed by atoms with E-state index in [2.05, 4.69) is 41.7 Å². The Balaban J connectivity index is 2.46. The topological polar surface area (TPSA) is 17.8 Å². The fourth-order valence-corrected chi connectivity index (χ4v) is 1.50. The largest absolute Gasteiger partial charge is 0.346 e. The van der Waals surface area contributed by atoms with Crippen LogP contribution in [0.4, 0.5) is 0 Å². The number of rotatable bonds is 2. The lowest BCUT2D eigenvalue weighted by atomic mass is 10.2. The van der Waals surface area contributed by atoms with Gasteiger partial charge in [-0.05, 0) is 24.1 Å². The number of pyridine rings is 1. The summed E-state index contributed by atoms with van der Waals surface area (Å²) in [6.45, 7) is 5.26. The molecule has 67 valence electrons. The first kappa shape index (κ1) is 8.30. The Morgan fingerprint density at radius 3 is 3.00 bits per heavy atom. The number of hydrogen-bond acceptors (Lipinski definition) is 1. The van der Waals surface area contributed by atoms with Gasteiger partial charge < -0.3 is 4.57 Å². The van der Waals surface area contributed by atoms with Crippen LogP contribution in [0.3, 0.4) is 0 Å². The molecule has 0 aliphatic rings. The average Bonchev–Trinajstić information content (AvgIpc) is 2.48. The number of hydrogen-bond donors (Lipinski definition) is 0. The van der Waals surface area contributed by atoms with Crippen LogP contribution in [0.25, 0.3) is 11.0 Å². The summed E-state index contributed by atoms with van der Waals surface area (Å²) in [5.41, 5.74) is 2.28. The SMILES string of the molecule is C[C](C)Cn1ccc2ncccc21. The molecule has 2 rings (SSSR count). The third-order valence-corrected chi connectivity index (χ3v) is 2.02. The Hall–Kier alpha value is -1.31. The summed E-state index contributed by atoms with van der Waals surface area (Å²) in [4.78, 5) is 4.28. The van der Waals surface area contributed by atoms with E-state index in [9.17, 15) is 0 Å². The molecule has 0 amide bonds. The minimum absolute atomic E-state index is 0.981. The van der Waals surface area contributed by atoms with Crippen molar-refractivity contribution in [3.63, 3.8) is 0 Å². The van der Waals surface area contributed by atoms with E-state index in [4.69, 9.17) is 0 Å².